The monoisotopic (exact) mass is 514 g/mol. The fourth-order valence-electron chi connectivity index (χ4n) is 2.75. The summed E-state index contributed by atoms with van der Waals surface area (Å²) in [6.07, 6.45) is 3.68. The molecule has 29 heavy (non-hydrogen) atoms. The largest absolute Gasteiger partial charge is 0.497 e. The highest BCUT2D eigenvalue weighted by molar-refractivity contribution is 14.0. The molecule has 0 aliphatic rings. The van der Waals surface area contributed by atoms with Crippen molar-refractivity contribution in [1.29, 1.82) is 0 Å². The van der Waals surface area contributed by atoms with Crippen molar-refractivity contribution < 1.29 is 9.47 Å². The van der Waals surface area contributed by atoms with Gasteiger partial charge in [0.15, 0.2) is 5.96 Å². The number of rotatable bonds is 10. The Hall–Kier alpha value is -2.23. The van der Waals surface area contributed by atoms with Crippen LogP contribution in [0.4, 0.5) is 0 Å². The first kappa shape index (κ1) is 24.8. The molecule has 0 fully saturated rings. The topological polar surface area (TPSA) is 76.9 Å². The zero-order valence-electron chi connectivity index (χ0n) is 17.3. The van der Waals surface area contributed by atoms with Crippen molar-refractivity contribution in [2.45, 2.75) is 32.9 Å². The van der Waals surface area contributed by atoms with E-state index in [9.17, 15) is 4.79 Å². The van der Waals surface area contributed by atoms with Crippen LogP contribution in [-0.2, 0) is 13.1 Å². The summed E-state index contributed by atoms with van der Waals surface area (Å²) in [6.45, 7) is 4.82. The van der Waals surface area contributed by atoms with E-state index < -0.39 is 0 Å². The van der Waals surface area contributed by atoms with Crippen LogP contribution in [0, 0.1) is 0 Å². The molecule has 0 saturated carbocycles. The van der Waals surface area contributed by atoms with Gasteiger partial charge >= 0.3 is 0 Å². The number of aliphatic imine (C=N–C) groups is 1. The van der Waals surface area contributed by atoms with Gasteiger partial charge in [0.2, 0.25) is 5.56 Å². The minimum absolute atomic E-state index is 0. The van der Waals surface area contributed by atoms with Crippen LogP contribution in [0.5, 0.6) is 11.5 Å². The van der Waals surface area contributed by atoms with E-state index in [1.807, 2.05) is 37.4 Å². The van der Waals surface area contributed by atoms with Crippen LogP contribution in [0.15, 0.2) is 52.4 Å². The summed E-state index contributed by atoms with van der Waals surface area (Å²) in [5, 5.41) is 6.59. The van der Waals surface area contributed by atoms with E-state index in [2.05, 4.69) is 15.6 Å². The standard InChI is InChI=1S/C21H30N4O3.HI/c1-4-22-21(23-12-6-8-14-25-13-7-5-9-20(25)26)24-16-17-10-11-18(27-2)15-19(17)28-3;/h5,7,9-11,13,15H,4,6,8,12,14,16H2,1-3H3,(H2,22,23,24);1H. The third-order valence-corrected chi connectivity index (χ3v) is 4.26. The van der Waals surface area contributed by atoms with E-state index in [4.69, 9.17) is 9.47 Å². The summed E-state index contributed by atoms with van der Waals surface area (Å²) in [7, 11) is 3.28. The molecule has 160 valence electrons. The van der Waals surface area contributed by atoms with E-state index in [0.717, 1.165) is 55.5 Å². The molecule has 0 aliphatic carbocycles. The predicted octanol–water partition coefficient (Wildman–Crippen LogP) is 3.02. The van der Waals surface area contributed by atoms with Crippen LogP contribution >= 0.6 is 24.0 Å². The lowest BCUT2D eigenvalue weighted by atomic mass is 10.2. The highest BCUT2D eigenvalue weighted by Gasteiger charge is 2.05. The quantitative estimate of drug-likeness (QED) is 0.221. The highest BCUT2D eigenvalue weighted by Crippen LogP contribution is 2.25. The van der Waals surface area contributed by atoms with Crippen LogP contribution in [0.2, 0.25) is 0 Å². The Morgan fingerprint density at radius 1 is 1.10 bits per heavy atom. The zero-order chi connectivity index (χ0) is 20.2. The summed E-state index contributed by atoms with van der Waals surface area (Å²) in [5.74, 6) is 2.27. The van der Waals surface area contributed by atoms with Gasteiger partial charge in [-0.1, -0.05) is 6.07 Å². The van der Waals surface area contributed by atoms with Gasteiger partial charge in [-0.2, -0.15) is 0 Å². The number of benzene rings is 1. The van der Waals surface area contributed by atoms with E-state index >= 15 is 0 Å². The van der Waals surface area contributed by atoms with Crippen molar-refractivity contribution in [2.75, 3.05) is 27.3 Å². The van der Waals surface area contributed by atoms with E-state index in [0.29, 0.717) is 6.54 Å². The third kappa shape index (κ3) is 8.35. The average Bonchev–Trinajstić information content (AvgIpc) is 2.72. The number of hydrogen-bond donors (Lipinski definition) is 2. The van der Waals surface area contributed by atoms with Crippen molar-refractivity contribution in [3.05, 3.63) is 58.5 Å². The minimum atomic E-state index is 0. The average molecular weight is 514 g/mol. The van der Waals surface area contributed by atoms with Gasteiger partial charge in [-0.15, -0.1) is 24.0 Å². The number of aromatic nitrogens is 1. The molecule has 2 aromatic rings. The van der Waals surface area contributed by atoms with Gasteiger partial charge < -0.3 is 24.7 Å². The maximum atomic E-state index is 11.7. The Morgan fingerprint density at radius 2 is 1.93 bits per heavy atom. The van der Waals surface area contributed by atoms with Gasteiger partial charge in [0.05, 0.1) is 20.8 Å². The number of unbranched alkanes of at least 4 members (excludes halogenated alkanes) is 1. The molecule has 0 radical (unpaired) electrons. The van der Waals surface area contributed by atoms with Gasteiger partial charge in [-0.3, -0.25) is 4.79 Å². The normalized spacial score (nSPS) is 10.8. The van der Waals surface area contributed by atoms with E-state index in [1.165, 1.54) is 0 Å². The second-order valence-electron chi connectivity index (χ2n) is 6.24. The molecule has 0 unspecified atom stereocenters. The van der Waals surface area contributed by atoms with Gasteiger partial charge in [0.1, 0.15) is 11.5 Å². The first-order valence-electron chi connectivity index (χ1n) is 9.56. The molecule has 0 amide bonds. The summed E-state index contributed by atoms with van der Waals surface area (Å²) >= 11 is 0. The molecule has 1 heterocycles. The molecule has 0 aliphatic heterocycles. The number of aryl methyl sites for hydroxylation is 1. The fraction of sp³-hybridized carbons (Fsp3) is 0.429. The molecular weight excluding hydrogens is 483 g/mol. The smallest absolute Gasteiger partial charge is 0.250 e. The first-order chi connectivity index (χ1) is 13.7. The number of pyridine rings is 1. The van der Waals surface area contributed by atoms with Crippen LogP contribution in [0.1, 0.15) is 25.3 Å². The number of hydrogen-bond acceptors (Lipinski definition) is 4. The van der Waals surface area contributed by atoms with Crippen molar-refractivity contribution in [3.63, 3.8) is 0 Å². The van der Waals surface area contributed by atoms with Gasteiger partial charge in [-0.05, 0) is 38.0 Å². The van der Waals surface area contributed by atoms with Crippen LogP contribution < -0.4 is 25.7 Å². The van der Waals surface area contributed by atoms with Crippen molar-refractivity contribution in [2.24, 2.45) is 4.99 Å². The fourth-order valence-corrected chi connectivity index (χ4v) is 2.75. The maximum Gasteiger partial charge on any atom is 0.250 e. The number of methoxy groups -OCH3 is 2. The number of halogens is 1. The third-order valence-electron chi connectivity index (χ3n) is 4.26. The molecule has 8 heteroatoms. The lowest BCUT2D eigenvalue weighted by molar-refractivity contribution is 0.391. The van der Waals surface area contributed by atoms with Gasteiger partial charge in [-0.25, -0.2) is 4.99 Å². The zero-order valence-corrected chi connectivity index (χ0v) is 19.6. The molecule has 0 bridgehead atoms. The summed E-state index contributed by atoms with van der Waals surface area (Å²) < 4.78 is 12.4. The second kappa shape index (κ2) is 13.9. The molecule has 0 atom stereocenters. The van der Waals surface area contributed by atoms with Crippen LogP contribution in [0.25, 0.3) is 0 Å². The van der Waals surface area contributed by atoms with Crippen molar-refractivity contribution in [1.82, 2.24) is 15.2 Å². The number of guanidine groups is 1. The lowest BCUT2D eigenvalue weighted by Crippen LogP contribution is -2.37. The second-order valence-corrected chi connectivity index (χ2v) is 6.24. The molecule has 2 rings (SSSR count). The molecule has 0 saturated heterocycles. The molecule has 1 aromatic carbocycles. The Kier molecular flexibility index (Phi) is 11.9. The van der Waals surface area contributed by atoms with E-state index in [1.54, 1.807) is 30.9 Å². The molecule has 2 N–H and O–H groups in total. The van der Waals surface area contributed by atoms with Crippen molar-refractivity contribution in [3.8, 4) is 11.5 Å². The Labute approximate surface area is 189 Å². The minimum Gasteiger partial charge on any atom is -0.497 e. The maximum absolute atomic E-state index is 11.7. The SMILES string of the molecule is CCNC(=NCc1ccc(OC)cc1OC)NCCCCn1ccccc1=O.I. The first-order valence-corrected chi connectivity index (χ1v) is 9.56. The van der Waals surface area contributed by atoms with Crippen molar-refractivity contribution >= 4 is 29.9 Å². The predicted molar refractivity (Wildman–Crippen MR) is 128 cm³/mol. The molecule has 0 spiro atoms. The Bertz CT molecular complexity index is 824. The molecular formula is C21H31IN4O3. The number of nitrogens with one attached hydrogen (secondary N) is 2. The molecule has 1 aromatic heterocycles. The number of ether oxygens (including phenoxy) is 2. The lowest BCUT2D eigenvalue weighted by Gasteiger charge is -2.13. The van der Waals surface area contributed by atoms with E-state index in [-0.39, 0.29) is 29.5 Å². The highest BCUT2D eigenvalue weighted by atomic mass is 127. The summed E-state index contributed by atoms with van der Waals surface area (Å²) in [5.41, 5.74) is 1.03. The summed E-state index contributed by atoms with van der Waals surface area (Å²) in [4.78, 5) is 16.3. The van der Waals surface area contributed by atoms with Crippen LogP contribution in [-0.4, -0.2) is 37.8 Å². The number of nitrogens with zero attached hydrogens (tertiary/aromatic N) is 2. The van der Waals surface area contributed by atoms with Crippen LogP contribution in [0.3, 0.4) is 0 Å². The van der Waals surface area contributed by atoms with Gasteiger partial charge in [0.25, 0.3) is 0 Å². The Balaban J connectivity index is 0.00000420. The summed E-state index contributed by atoms with van der Waals surface area (Å²) in [6, 6.07) is 10.9. The Morgan fingerprint density at radius 3 is 2.62 bits per heavy atom. The molecule has 7 nitrogen and oxygen atoms in total. The van der Waals surface area contributed by atoms with Gasteiger partial charge in [0, 0.05) is 43.5 Å².